The molecule has 2 aliphatic heterocycles. The molecule has 3 atom stereocenters. The molecule has 2 N–H and O–H groups in total. The first-order valence-corrected chi connectivity index (χ1v) is 12.4. The Bertz CT molecular complexity index is 1260. The van der Waals surface area contributed by atoms with Gasteiger partial charge < -0.3 is 34.2 Å². The number of carbonyl (C=O) groups excluding carboxylic acids is 1. The van der Waals surface area contributed by atoms with E-state index in [4.69, 9.17) is 24.0 Å². The number of piperazine rings is 1. The van der Waals surface area contributed by atoms with Crippen molar-refractivity contribution >= 4 is 11.9 Å². The number of nitrogens with zero attached hydrogens (tertiary/aromatic N) is 5. The predicted molar refractivity (Wildman–Crippen MR) is 137 cm³/mol. The van der Waals surface area contributed by atoms with Gasteiger partial charge in [-0.25, -0.2) is 14.8 Å². The zero-order valence-corrected chi connectivity index (χ0v) is 21.5. The Hall–Kier alpha value is -3.70. The van der Waals surface area contributed by atoms with Gasteiger partial charge in [0.25, 0.3) is 0 Å². The summed E-state index contributed by atoms with van der Waals surface area (Å²) in [5, 5.41) is 17.0. The number of aliphatic hydroxyl groups excluding tert-OH is 1. The Labute approximate surface area is 215 Å². The molecule has 2 fully saturated rings. The minimum Gasteiger partial charge on any atom is -0.491 e. The molecule has 0 spiro atoms. The van der Waals surface area contributed by atoms with Gasteiger partial charge in [-0.15, -0.1) is 0 Å². The largest absolute Gasteiger partial charge is 0.491 e. The minimum absolute atomic E-state index is 0.0825. The molecule has 3 aromatic rings. The van der Waals surface area contributed by atoms with E-state index in [1.807, 2.05) is 44.2 Å². The molecule has 196 valence electrons. The van der Waals surface area contributed by atoms with E-state index < -0.39 is 6.10 Å². The van der Waals surface area contributed by atoms with E-state index in [-0.39, 0.29) is 24.8 Å². The summed E-state index contributed by atoms with van der Waals surface area (Å²) < 4.78 is 16.2. The van der Waals surface area contributed by atoms with Gasteiger partial charge in [0.1, 0.15) is 30.0 Å². The molecular formula is C26H32N6O5. The second-order valence-electron chi connectivity index (χ2n) is 9.50. The molecular weight excluding hydrogens is 476 g/mol. The number of aryl methyl sites for hydroxylation is 2. The van der Waals surface area contributed by atoms with Crippen molar-refractivity contribution in [2.24, 2.45) is 0 Å². The number of likely N-dealkylation sites (N-methyl/N-ethyl adjacent to an activating group) is 1. The lowest BCUT2D eigenvalue weighted by molar-refractivity contribution is 0.108. The maximum absolute atomic E-state index is 12.1. The van der Waals surface area contributed by atoms with Crippen LogP contribution in [-0.2, 0) is 4.74 Å². The molecule has 5 rings (SSSR count). The average molecular weight is 509 g/mol. The molecule has 2 saturated heterocycles. The van der Waals surface area contributed by atoms with Gasteiger partial charge in [0.05, 0.1) is 36.1 Å². The van der Waals surface area contributed by atoms with Crippen LogP contribution in [0.1, 0.15) is 17.9 Å². The highest BCUT2D eigenvalue weighted by Crippen LogP contribution is 2.37. The van der Waals surface area contributed by atoms with Crippen molar-refractivity contribution in [3.63, 3.8) is 0 Å². The van der Waals surface area contributed by atoms with Gasteiger partial charge in [-0.3, -0.25) is 0 Å². The van der Waals surface area contributed by atoms with E-state index in [1.165, 1.54) is 7.11 Å². The summed E-state index contributed by atoms with van der Waals surface area (Å²) >= 11 is 0. The fraction of sp³-hybridized carbons (Fsp3) is 0.462. The van der Waals surface area contributed by atoms with E-state index in [2.05, 4.69) is 15.4 Å². The first-order chi connectivity index (χ1) is 17.9. The zero-order valence-electron chi connectivity index (χ0n) is 21.5. The summed E-state index contributed by atoms with van der Waals surface area (Å²) in [6, 6.07) is 9.72. The number of benzene rings is 1. The van der Waals surface area contributed by atoms with Crippen molar-refractivity contribution in [2.75, 3.05) is 45.3 Å². The molecule has 11 nitrogen and oxygen atoms in total. The number of anilines is 1. The number of aliphatic hydroxyl groups is 1. The highest BCUT2D eigenvalue weighted by molar-refractivity contribution is 5.72. The quantitative estimate of drug-likeness (QED) is 0.468. The number of carbonyl (C=O) groups is 1. The fourth-order valence-corrected chi connectivity index (χ4v) is 5.19. The van der Waals surface area contributed by atoms with Gasteiger partial charge in [0.2, 0.25) is 0 Å². The normalized spacial score (nSPS) is 19.4. The highest BCUT2D eigenvalue weighted by Gasteiger charge is 2.46. The minimum atomic E-state index is -0.616. The lowest BCUT2D eigenvalue weighted by Crippen LogP contribution is -2.49. The standard InChI is InChI=1S/C26H32N6O5/c1-15-24(16(2)37-30-15)22-10-23(31-12-19-9-18(31)13-32(19)26(34)35-4)29-25(28-22)17-6-5-7-21(8-17)36-14-20(33)11-27-3/h5-8,10,18-20,27,33H,9,11-14H2,1-4H3. The first kappa shape index (κ1) is 25.0. The van der Waals surface area contributed by atoms with Gasteiger partial charge in [-0.05, 0) is 39.4 Å². The second kappa shape index (κ2) is 10.3. The van der Waals surface area contributed by atoms with E-state index in [1.54, 1.807) is 11.9 Å². The monoisotopic (exact) mass is 508 g/mol. The number of likely N-dealkylation sites (tertiary alicyclic amines) is 1. The topological polar surface area (TPSA) is 126 Å². The fourth-order valence-electron chi connectivity index (χ4n) is 5.19. The van der Waals surface area contributed by atoms with E-state index in [0.29, 0.717) is 37.0 Å². The maximum atomic E-state index is 12.1. The Morgan fingerprint density at radius 3 is 2.76 bits per heavy atom. The summed E-state index contributed by atoms with van der Waals surface area (Å²) in [6.45, 7) is 5.64. The van der Waals surface area contributed by atoms with Gasteiger partial charge in [0, 0.05) is 31.3 Å². The molecule has 0 radical (unpaired) electrons. The van der Waals surface area contributed by atoms with Crippen LogP contribution in [0.3, 0.4) is 0 Å². The van der Waals surface area contributed by atoms with Crippen LogP contribution in [-0.4, -0.2) is 89.8 Å². The molecule has 1 aromatic carbocycles. The van der Waals surface area contributed by atoms with Crippen LogP contribution >= 0.6 is 0 Å². The van der Waals surface area contributed by atoms with Gasteiger partial charge in [-0.2, -0.15) is 0 Å². The molecule has 4 heterocycles. The molecule has 2 aliphatic rings. The van der Waals surface area contributed by atoms with Crippen LogP contribution in [0.2, 0.25) is 0 Å². The van der Waals surface area contributed by atoms with Crippen molar-refractivity contribution in [1.82, 2.24) is 25.3 Å². The van der Waals surface area contributed by atoms with Crippen LogP contribution < -0.4 is 15.0 Å². The highest BCUT2D eigenvalue weighted by atomic mass is 16.5. The molecule has 11 heteroatoms. The predicted octanol–water partition coefficient (Wildman–Crippen LogP) is 2.40. The molecule has 0 aliphatic carbocycles. The van der Waals surface area contributed by atoms with Crippen LogP contribution in [0.15, 0.2) is 34.9 Å². The third-order valence-corrected chi connectivity index (χ3v) is 6.92. The van der Waals surface area contributed by atoms with Crippen LogP contribution in [0.25, 0.3) is 22.6 Å². The average Bonchev–Trinajstić information content (AvgIpc) is 3.61. The Morgan fingerprint density at radius 2 is 2.08 bits per heavy atom. The molecule has 2 bridgehead atoms. The third kappa shape index (κ3) is 4.96. The van der Waals surface area contributed by atoms with Gasteiger partial charge >= 0.3 is 6.09 Å². The number of ether oxygens (including phenoxy) is 2. The molecule has 3 unspecified atom stereocenters. The van der Waals surface area contributed by atoms with Crippen LogP contribution in [0.4, 0.5) is 10.6 Å². The number of fused-ring (bicyclic) bond motifs is 2. The third-order valence-electron chi connectivity index (χ3n) is 6.92. The molecule has 2 aromatic heterocycles. The van der Waals surface area contributed by atoms with Gasteiger partial charge in [-0.1, -0.05) is 17.3 Å². The van der Waals surface area contributed by atoms with Crippen molar-refractivity contribution < 1.29 is 23.9 Å². The zero-order chi connectivity index (χ0) is 26.1. The molecule has 1 amide bonds. The lowest BCUT2D eigenvalue weighted by Gasteiger charge is -2.34. The Morgan fingerprint density at radius 1 is 1.24 bits per heavy atom. The van der Waals surface area contributed by atoms with E-state index >= 15 is 0 Å². The summed E-state index contributed by atoms with van der Waals surface area (Å²) in [5.41, 5.74) is 3.10. The molecule has 37 heavy (non-hydrogen) atoms. The molecule has 0 saturated carbocycles. The number of rotatable bonds is 8. The van der Waals surface area contributed by atoms with E-state index in [9.17, 15) is 9.90 Å². The lowest BCUT2D eigenvalue weighted by atomic mass is 10.1. The van der Waals surface area contributed by atoms with Crippen molar-refractivity contribution in [2.45, 2.75) is 38.5 Å². The van der Waals surface area contributed by atoms with Crippen molar-refractivity contribution in [1.29, 1.82) is 0 Å². The number of nitrogens with one attached hydrogen (secondary N) is 1. The summed E-state index contributed by atoms with van der Waals surface area (Å²) in [7, 11) is 3.20. The van der Waals surface area contributed by atoms with Gasteiger partial charge in [0.15, 0.2) is 5.82 Å². The Kier molecular flexibility index (Phi) is 6.98. The Balaban J connectivity index is 1.49. The van der Waals surface area contributed by atoms with Crippen molar-refractivity contribution in [3.8, 4) is 28.4 Å². The smallest absolute Gasteiger partial charge is 0.409 e. The number of amides is 1. The maximum Gasteiger partial charge on any atom is 0.409 e. The first-order valence-electron chi connectivity index (χ1n) is 12.4. The van der Waals surface area contributed by atoms with Crippen molar-refractivity contribution in [3.05, 3.63) is 41.8 Å². The van der Waals surface area contributed by atoms with Crippen LogP contribution in [0, 0.1) is 13.8 Å². The number of hydrogen-bond donors (Lipinski definition) is 2. The van der Waals surface area contributed by atoms with E-state index in [0.717, 1.165) is 34.8 Å². The SMILES string of the molecule is CNCC(O)COc1cccc(-c2nc(-c3c(C)noc3C)cc(N3CC4CC3CN4C(=O)OC)n2)c1. The number of methoxy groups -OCH3 is 1. The number of hydrogen-bond acceptors (Lipinski definition) is 10. The summed E-state index contributed by atoms with van der Waals surface area (Å²) in [4.78, 5) is 26.0. The van der Waals surface area contributed by atoms with Crippen LogP contribution in [0.5, 0.6) is 5.75 Å². The number of aromatic nitrogens is 3. The summed E-state index contributed by atoms with van der Waals surface area (Å²) in [5.74, 6) is 2.63. The summed E-state index contributed by atoms with van der Waals surface area (Å²) in [6.07, 6.45) is -0.0361. The second-order valence-corrected chi connectivity index (χ2v) is 9.50.